The molecule has 6 nitrogen and oxygen atoms in total. The van der Waals surface area contributed by atoms with E-state index in [4.69, 9.17) is 0 Å². The van der Waals surface area contributed by atoms with Crippen molar-refractivity contribution < 1.29 is 30.4 Å². The number of hydrogen-bond acceptors (Lipinski definition) is 5. The summed E-state index contributed by atoms with van der Waals surface area (Å²) in [5.74, 6) is -5.34. The van der Waals surface area contributed by atoms with E-state index in [0.717, 1.165) is 0 Å². The minimum absolute atomic E-state index is 0.00206. The Labute approximate surface area is 156 Å². The van der Waals surface area contributed by atoms with E-state index in [0.29, 0.717) is 12.3 Å². The van der Waals surface area contributed by atoms with Gasteiger partial charge in [0.25, 0.3) is 0 Å². The summed E-state index contributed by atoms with van der Waals surface area (Å²) < 4.78 is 90.9. The van der Waals surface area contributed by atoms with Gasteiger partial charge in [-0.25, -0.2) is 18.4 Å². The van der Waals surface area contributed by atoms with Crippen LogP contribution in [0, 0.1) is 0 Å². The quantitative estimate of drug-likeness (QED) is 0.604. The second-order valence-corrected chi connectivity index (χ2v) is 8.13. The number of rotatable bonds is 4. The number of alkyl halides is 5. The molecule has 0 unspecified atom stereocenters. The lowest BCUT2D eigenvalue weighted by molar-refractivity contribution is -0.289. The molecule has 0 radical (unpaired) electrons. The van der Waals surface area contributed by atoms with Crippen molar-refractivity contribution in [2.24, 2.45) is 7.05 Å². The molecule has 12 heteroatoms. The van der Waals surface area contributed by atoms with E-state index in [1.807, 2.05) is 0 Å². The first-order chi connectivity index (χ1) is 12.9. The lowest BCUT2D eigenvalue weighted by Crippen LogP contribution is -2.33. The van der Waals surface area contributed by atoms with E-state index >= 15 is 0 Å². The van der Waals surface area contributed by atoms with Crippen LogP contribution in [-0.4, -0.2) is 39.9 Å². The molecule has 150 valence electrons. The molecule has 0 spiro atoms. The van der Waals surface area contributed by atoms with E-state index in [-0.39, 0.29) is 33.3 Å². The molecule has 0 atom stereocenters. The molecule has 0 bridgehead atoms. The van der Waals surface area contributed by atoms with Crippen LogP contribution in [0.25, 0.3) is 22.7 Å². The van der Waals surface area contributed by atoms with Crippen LogP contribution in [0.2, 0.25) is 0 Å². The zero-order valence-corrected chi connectivity index (χ0v) is 15.3. The van der Waals surface area contributed by atoms with Crippen molar-refractivity contribution in [1.29, 1.82) is 0 Å². The third-order valence-electron chi connectivity index (χ3n) is 4.13. The van der Waals surface area contributed by atoms with Crippen molar-refractivity contribution in [2.75, 3.05) is 5.75 Å². The van der Waals surface area contributed by atoms with Crippen LogP contribution < -0.4 is 0 Å². The summed E-state index contributed by atoms with van der Waals surface area (Å²) >= 11 is 0. The molecule has 0 amide bonds. The van der Waals surface area contributed by atoms with Gasteiger partial charge in [-0.05, 0) is 18.2 Å². The van der Waals surface area contributed by atoms with Crippen molar-refractivity contribution in [3.8, 4) is 11.5 Å². The molecule has 3 rings (SSSR count). The van der Waals surface area contributed by atoms with E-state index < -0.39 is 27.5 Å². The normalized spacial score (nSPS) is 13.2. The largest absolute Gasteiger partial charge is 0.458 e. The molecular formula is C16H13F5N4O2S. The van der Waals surface area contributed by atoms with Crippen LogP contribution in [0.15, 0.2) is 35.5 Å². The number of imidazole rings is 1. The Bertz CT molecular complexity index is 1160. The topological polar surface area (TPSA) is 77.7 Å². The number of fused-ring (bicyclic) bond motifs is 1. The maximum Gasteiger partial charge on any atom is 0.458 e. The third kappa shape index (κ3) is 3.11. The number of hydrogen-bond donors (Lipinski definition) is 0. The van der Waals surface area contributed by atoms with Crippen molar-refractivity contribution in [2.45, 2.75) is 23.9 Å². The van der Waals surface area contributed by atoms with Crippen molar-refractivity contribution >= 4 is 21.0 Å². The first-order valence-corrected chi connectivity index (χ1v) is 9.51. The second kappa shape index (κ2) is 6.47. The molecule has 0 fully saturated rings. The lowest BCUT2D eigenvalue weighted by Gasteiger charge is -2.19. The fraction of sp³-hybridized carbons (Fsp3) is 0.312. The van der Waals surface area contributed by atoms with Gasteiger partial charge in [-0.2, -0.15) is 22.0 Å². The van der Waals surface area contributed by atoms with Gasteiger partial charge in [0.1, 0.15) is 11.2 Å². The number of pyridine rings is 2. The average Bonchev–Trinajstić information content (AvgIpc) is 2.97. The molecule has 0 saturated heterocycles. The van der Waals surface area contributed by atoms with Crippen LogP contribution in [0.5, 0.6) is 0 Å². The Morgan fingerprint density at radius 1 is 1.14 bits per heavy atom. The summed E-state index contributed by atoms with van der Waals surface area (Å²) in [6.07, 6.45) is -4.05. The van der Waals surface area contributed by atoms with Gasteiger partial charge in [0.2, 0.25) is 0 Å². The van der Waals surface area contributed by atoms with Gasteiger partial charge in [-0.1, -0.05) is 6.92 Å². The molecule has 3 aromatic heterocycles. The molecule has 0 aliphatic carbocycles. The monoisotopic (exact) mass is 420 g/mol. The van der Waals surface area contributed by atoms with Gasteiger partial charge in [0.05, 0.1) is 16.2 Å². The highest BCUT2D eigenvalue weighted by Gasteiger charge is 2.59. The van der Waals surface area contributed by atoms with Crippen LogP contribution in [0.1, 0.15) is 12.5 Å². The summed E-state index contributed by atoms with van der Waals surface area (Å²) in [5.41, 5.74) is -1.65. The highest BCUT2D eigenvalue weighted by molar-refractivity contribution is 7.91. The fourth-order valence-corrected chi connectivity index (χ4v) is 3.62. The number of nitrogens with zero attached hydrogens (tertiary/aromatic N) is 4. The predicted octanol–water partition coefficient (Wildman–Crippen LogP) is 3.48. The Kier molecular flexibility index (Phi) is 4.64. The van der Waals surface area contributed by atoms with Crippen LogP contribution >= 0.6 is 0 Å². The lowest BCUT2D eigenvalue weighted by atomic mass is 10.1. The molecule has 3 heterocycles. The minimum atomic E-state index is -5.79. The summed E-state index contributed by atoms with van der Waals surface area (Å²) in [7, 11) is -2.26. The maximum atomic E-state index is 13.6. The van der Waals surface area contributed by atoms with Gasteiger partial charge in [-0.3, -0.25) is 4.98 Å². The molecule has 0 aliphatic rings. The third-order valence-corrected chi connectivity index (χ3v) is 5.88. The Morgan fingerprint density at radius 2 is 1.82 bits per heavy atom. The van der Waals surface area contributed by atoms with E-state index in [1.165, 1.54) is 36.9 Å². The van der Waals surface area contributed by atoms with Crippen molar-refractivity contribution in [3.05, 3.63) is 36.2 Å². The highest BCUT2D eigenvalue weighted by atomic mass is 32.2. The summed E-state index contributed by atoms with van der Waals surface area (Å²) in [6.45, 7) is 1.44. The van der Waals surface area contributed by atoms with Gasteiger partial charge < -0.3 is 4.57 Å². The Morgan fingerprint density at radius 3 is 2.43 bits per heavy atom. The zero-order valence-electron chi connectivity index (χ0n) is 14.5. The summed E-state index contributed by atoms with van der Waals surface area (Å²) in [5, 5.41) is 0. The molecule has 3 aromatic rings. The Balaban J connectivity index is 2.23. The maximum absolute atomic E-state index is 13.6. The smallest absolute Gasteiger partial charge is 0.310 e. The highest BCUT2D eigenvalue weighted by Crippen LogP contribution is 2.44. The Hall–Kier alpha value is -2.63. The molecule has 0 N–H and O–H groups in total. The summed E-state index contributed by atoms with van der Waals surface area (Å²) in [6, 6.07) is 3.31. The van der Waals surface area contributed by atoms with Gasteiger partial charge in [0.15, 0.2) is 21.3 Å². The molecule has 0 saturated carbocycles. The van der Waals surface area contributed by atoms with Crippen molar-refractivity contribution in [3.63, 3.8) is 0 Å². The first kappa shape index (κ1) is 20.1. The SMILES string of the molecule is CCS(=O)(=O)c1cccnc1-c1nc2cc(C(F)(F)C(F)(F)F)cnc2n1C. The number of aromatic nitrogens is 4. The number of aryl methyl sites for hydroxylation is 1. The zero-order chi connectivity index (χ0) is 20.9. The molecule has 28 heavy (non-hydrogen) atoms. The van der Waals surface area contributed by atoms with Gasteiger partial charge >= 0.3 is 12.1 Å². The molecule has 0 aromatic carbocycles. The van der Waals surface area contributed by atoms with Crippen LogP contribution in [0.3, 0.4) is 0 Å². The fourth-order valence-electron chi connectivity index (χ4n) is 2.59. The van der Waals surface area contributed by atoms with Gasteiger partial charge in [-0.15, -0.1) is 0 Å². The van der Waals surface area contributed by atoms with Gasteiger partial charge in [0, 0.05) is 19.4 Å². The molecular weight excluding hydrogens is 407 g/mol. The average molecular weight is 420 g/mol. The van der Waals surface area contributed by atoms with Crippen molar-refractivity contribution in [1.82, 2.24) is 19.5 Å². The summed E-state index contributed by atoms with van der Waals surface area (Å²) in [4.78, 5) is 11.6. The van der Waals surface area contributed by atoms with E-state index in [1.54, 1.807) is 0 Å². The first-order valence-electron chi connectivity index (χ1n) is 7.85. The predicted molar refractivity (Wildman–Crippen MR) is 89.4 cm³/mol. The molecule has 0 aliphatic heterocycles. The standard InChI is InChI=1S/C16H13F5N4O2S/c1-3-28(26,27)11-5-4-6-22-12(11)14-24-10-7-9(8-23-13(10)25(14)2)15(17,18)16(19,20)21/h4-8H,3H2,1-2H3. The minimum Gasteiger partial charge on any atom is -0.310 e. The second-order valence-electron chi connectivity index (χ2n) is 5.89. The van der Waals surface area contributed by atoms with Crippen LogP contribution in [-0.2, 0) is 22.8 Å². The van der Waals surface area contributed by atoms with E-state index in [9.17, 15) is 30.4 Å². The number of sulfone groups is 1. The van der Waals surface area contributed by atoms with E-state index in [2.05, 4.69) is 15.0 Å². The van der Waals surface area contributed by atoms with Crippen LogP contribution in [0.4, 0.5) is 22.0 Å². The number of halogens is 5.